The minimum Gasteiger partial charge on any atom is -0.482 e. The molecule has 3 rings (SSSR count). The van der Waals surface area contributed by atoms with Crippen molar-refractivity contribution in [1.82, 2.24) is 4.31 Å². The number of rotatable bonds is 6. The number of piperidine rings is 1. The van der Waals surface area contributed by atoms with Gasteiger partial charge in [0.1, 0.15) is 5.75 Å². The van der Waals surface area contributed by atoms with Gasteiger partial charge in [-0.25, -0.2) is 8.42 Å². The van der Waals surface area contributed by atoms with Gasteiger partial charge in [-0.3, -0.25) is 4.79 Å². The summed E-state index contributed by atoms with van der Waals surface area (Å²) in [5.41, 5.74) is 0.243. The fraction of sp³-hybridized carbons (Fsp3) is 0.381. The molecule has 0 unspecified atom stereocenters. The highest BCUT2D eigenvalue weighted by Gasteiger charge is 2.29. The molecule has 1 N–H and O–H groups in total. The van der Waals surface area contributed by atoms with Gasteiger partial charge in [0.25, 0.3) is 5.91 Å². The standard InChI is InChI=1S/C21H23F3N2O4S/c1-15-10-12-26(13-11-15)31(28,29)17-8-6-16(7-9-17)20(27)25-18-4-2-3-5-19(18)30-14-21(22,23)24/h2-9,15H,10-14H2,1H3,(H,25,27). The van der Waals surface area contributed by atoms with E-state index in [0.717, 1.165) is 12.8 Å². The van der Waals surface area contributed by atoms with Crippen LogP contribution in [0.2, 0.25) is 0 Å². The second-order valence-electron chi connectivity index (χ2n) is 7.47. The number of sulfonamides is 1. The third-order valence-electron chi connectivity index (χ3n) is 5.02. The van der Waals surface area contributed by atoms with Gasteiger partial charge in [-0.15, -0.1) is 0 Å². The van der Waals surface area contributed by atoms with E-state index in [4.69, 9.17) is 4.74 Å². The molecule has 0 saturated carbocycles. The molecule has 31 heavy (non-hydrogen) atoms. The predicted molar refractivity (Wildman–Crippen MR) is 110 cm³/mol. The molecule has 2 aromatic carbocycles. The Morgan fingerprint density at radius 1 is 1.10 bits per heavy atom. The molecule has 1 aliphatic rings. The number of ether oxygens (including phenoxy) is 1. The van der Waals surface area contributed by atoms with Crippen LogP contribution in [0.4, 0.5) is 18.9 Å². The zero-order valence-corrected chi connectivity index (χ0v) is 17.7. The van der Waals surface area contributed by atoms with Crippen LogP contribution < -0.4 is 10.1 Å². The van der Waals surface area contributed by atoms with Crippen molar-refractivity contribution >= 4 is 21.6 Å². The second kappa shape index (κ2) is 9.27. The smallest absolute Gasteiger partial charge is 0.422 e. The van der Waals surface area contributed by atoms with Crippen molar-refractivity contribution in [2.45, 2.75) is 30.8 Å². The van der Waals surface area contributed by atoms with Crippen LogP contribution in [0.15, 0.2) is 53.4 Å². The quantitative estimate of drug-likeness (QED) is 0.703. The van der Waals surface area contributed by atoms with Gasteiger partial charge in [0.05, 0.1) is 10.6 Å². The highest BCUT2D eigenvalue weighted by atomic mass is 32.2. The molecule has 0 radical (unpaired) electrons. The predicted octanol–water partition coefficient (Wildman–Crippen LogP) is 4.30. The summed E-state index contributed by atoms with van der Waals surface area (Å²) in [6, 6.07) is 11.2. The summed E-state index contributed by atoms with van der Waals surface area (Å²) in [4.78, 5) is 12.6. The number of hydrogen-bond acceptors (Lipinski definition) is 4. The lowest BCUT2D eigenvalue weighted by Crippen LogP contribution is -2.37. The van der Waals surface area contributed by atoms with Crippen molar-refractivity contribution in [3.63, 3.8) is 0 Å². The van der Waals surface area contributed by atoms with Crippen LogP contribution in [0.5, 0.6) is 5.75 Å². The maximum absolute atomic E-state index is 12.8. The fourth-order valence-corrected chi connectivity index (χ4v) is 4.67. The van der Waals surface area contributed by atoms with Crippen LogP contribution in [-0.2, 0) is 10.0 Å². The minimum atomic E-state index is -4.51. The number of carbonyl (C=O) groups is 1. The van der Waals surface area contributed by atoms with Gasteiger partial charge in [0.2, 0.25) is 10.0 Å². The number of amides is 1. The Kier molecular flexibility index (Phi) is 6.90. The van der Waals surface area contributed by atoms with Gasteiger partial charge in [0, 0.05) is 18.7 Å². The Bertz CT molecular complexity index is 1020. The first-order valence-electron chi connectivity index (χ1n) is 9.76. The summed E-state index contributed by atoms with van der Waals surface area (Å²) < 4.78 is 69.0. The van der Waals surface area contributed by atoms with Gasteiger partial charge < -0.3 is 10.1 Å². The Hall–Kier alpha value is -2.59. The molecule has 0 bridgehead atoms. The van der Waals surface area contributed by atoms with E-state index in [2.05, 4.69) is 12.2 Å². The lowest BCUT2D eigenvalue weighted by atomic mass is 10.0. The lowest BCUT2D eigenvalue weighted by Gasteiger charge is -2.29. The molecule has 1 fully saturated rings. The summed E-state index contributed by atoms with van der Waals surface area (Å²) >= 11 is 0. The molecule has 10 heteroatoms. The summed E-state index contributed by atoms with van der Waals surface area (Å²) in [5, 5.41) is 2.50. The molecule has 1 aliphatic heterocycles. The zero-order chi connectivity index (χ0) is 22.6. The van der Waals surface area contributed by atoms with Gasteiger partial charge in [-0.05, 0) is 55.2 Å². The summed E-state index contributed by atoms with van der Waals surface area (Å²) in [6.45, 7) is 1.52. The number of benzene rings is 2. The van der Waals surface area contributed by atoms with E-state index >= 15 is 0 Å². The van der Waals surface area contributed by atoms with E-state index in [9.17, 15) is 26.4 Å². The summed E-state index contributed by atoms with van der Waals surface area (Å²) in [6.07, 6.45) is -2.91. The molecule has 0 atom stereocenters. The first-order valence-corrected chi connectivity index (χ1v) is 11.2. The molecule has 1 heterocycles. The lowest BCUT2D eigenvalue weighted by molar-refractivity contribution is -0.153. The molecule has 0 aliphatic carbocycles. The second-order valence-corrected chi connectivity index (χ2v) is 9.40. The first kappa shape index (κ1) is 23.1. The fourth-order valence-electron chi connectivity index (χ4n) is 3.20. The van der Waals surface area contributed by atoms with Crippen molar-refractivity contribution < 1.29 is 31.1 Å². The van der Waals surface area contributed by atoms with Gasteiger partial charge in [0.15, 0.2) is 6.61 Å². The molecular weight excluding hydrogens is 433 g/mol. The Morgan fingerprint density at radius 2 is 1.71 bits per heavy atom. The number of alkyl halides is 3. The maximum Gasteiger partial charge on any atom is 0.422 e. The van der Waals surface area contributed by atoms with Crippen molar-refractivity contribution in [3.05, 3.63) is 54.1 Å². The van der Waals surface area contributed by atoms with E-state index in [1.54, 1.807) is 6.07 Å². The van der Waals surface area contributed by atoms with Gasteiger partial charge in [-0.1, -0.05) is 19.1 Å². The third kappa shape index (κ3) is 5.98. The Balaban J connectivity index is 1.70. The van der Waals surface area contributed by atoms with E-state index in [1.807, 2.05) is 0 Å². The number of carbonyl (C=O) groups excluding carboxylic acids is 1. The minimum absolute atomic E-state index is 0.0795. The summed E-state index contributed by atoms with van der Waals surface area (Å²) in [5.74, 6) is -0.231. The SMILES string of the molecule is CC1CCN(S(=O)(=O)c2ccc(C(=O)Nc3ccccc3OCC(F)(F)F)cc2)CC1. The molecule has 2 aromatic rings. The number of para-hydroxylation sites is 2. The highest BCUT2D eigenvalue weighted by molar-refractivity contribution is 7.89. The number of nitrogens with zero attached hydrogens (tertiary/aromatic N) is 1. The van der Waals surface area contributed by atoms with Crippen LogP contribution in [-0.4, -0.2) is 44.5 Å². The molecule has 6 nitrogen and oxygen atoms in total. The Labute approximate surface area is 179 Å². The Morgan fingerprint density at radius 3 is 2.32 bits per heavy atom. The normalized spacial score (nSPS) is 16.1. The molecule has 0 spiro atoms. The molecular formula is C21H23F3N2O4S. The first-order chi connectivity index (χ1) is 14.6. The van der Waals surface area contributed by atoms with Gasteiger partial charge >= 0.3 is 6.18 Å². The average molecular weight is 456 g/mol. The van der Waals surface area contributed by atoms with Crippen molar-refractivity contribution in [1.29, 1.82) is 0 Å². The molecule has 0 aromatic heterocycles. The van der Waals surface area contributed by atoms with E-state index in [0.29, 0.717) is 19.0 Å². The summed E-state index contributed by atoms with van der Waals surface area (Å²) in [7, 11) is -3.64. The van der Waals surface area contributed by atoms with E-state index in [-0.39, 0.29) is 21.9 Å². The van der Waals surface area contributed by atoms with E-state index < -0.39 is 28.7 Å². The highest BCUT2D eigenvalue weighted by Crippen LogP contribution is 2.27. The van der Waals surface area contributed by atoms with E-state index in [1.165, 1.54) is 46.8 Å². The average Bonchev–Trinajstić information content (AvgIpc) is 2.73. The number of halogens is 3. The number of anilines is 1. The molecule has 1 saturated heterocycles. The van der Waals surface area contributed by atoms with Crippen molar-refractivity contribution in [2.24, 2.45) is 5.92 Å². The molecule has 1 amide bonds. The van der Waals surface area contributed by atoms with Crippen LogP contribution >= 0.6 is 0 Å². The molecule has 168 valence electrons. The number of nitrogens with one attached hydrogen (secondary N) is 1. The largest absolute Gasteiger partial charge is 0.482 e. The third-order valence-corrected chi connectivity index (χ3v) is 6.94. The number of hydrogen-bond donors (Lipinski definition) is 1. The maximum atomic E-state index is 12.8. The monoisotopic (exact) mass is 456 g/mol. The zero-order valence-electron chi connectivity index (χ0n) is 16.9. The van der Waals surface area contributed by atoms with Crippen molar-refractivity contribution in [2.75, 3.05) is 25.0 Å². The van der Waals surface area contributed by atoms with Crippen LogP contribution in [0.1, 0.15) is 30.1 Å². The van der Waals surface area contributed by atoms with Crippen LogP contribution in [0, 0.1) is 5.92 Å². The van der Waals surface area contributed by atoms with Crippen LogP contribution in [0.25, 0.3) is 0 Å². The van der Waals surface area contributed by atoms with Gasteiger partial charge in [-0.2, -0.15) is 17.5 Å². The van der Waals surface area contributed by atoms with Crippen LogP contribution in [0.3, 0.4) is 0 Å². The van der Waals surface area contributed by atoms with Crippen molar-refractivity contribution in [3.8, 4) is 5.75 Å². The topological polar surface area (TPSA) is 75.7 Å².